The number of benzene rings is 1. The first kappa shape index (κ1) is 20.7. The second-order valence-electron chi connectivity index (χ2n) is 7.84. The number of hydrogen-bond acceptors (Lipinski definition) is 6. The van der Waals surface area contributed by atoms with E-state index in [2.05, 4.69) is 10.9 Å². The zero-order chi connectivity index (χ0) is 20.4. The topological polar surface area (TPSA) is 91.0 Å². The maximum absolute atomic E-state index is 13.2. The molecular formula is C19H27FN4O4S. The molecule has 4 rings (SSSR count). The van der Waals surface area contributed by atoms with Gasteiger partial charge in [0.1, 0.15) is 11.9 Å². The number of piperidine rings is 1. The summed E-state index contributed by atoms with van der Waals surface area (Å²) >= 11 is 0. The van der Waals surface area contributed by atoms with Crippen molar-refractivity contribution in [2.24, 2.45) is 5.92 Å². The van der Waals surface area contributed by atoms with Gasteiger partial charge < -0.3 is 9.64 Å². The van der Waals surface area contributed by atoms with Gasteiger partial charge in [-0.05, 0) is 49.4 Å². The molecule has 1 aromatic rings. The van der Waals surface area contributed by atoms with Crippen molar-refractivity contribution in [1.82, 2.24) is 20.1 Å². The number of sulfonamides is 1. The molecule has 0 spiro atoms. The van der Waals surface area contributed by atoms with Crippen molar-refractivity contribution in [3.63, 3.8) is 0 Å². The SMILES string of the molecule is O=C(C1CC(C2CCCN(S(=O)(=O)c3ccc(F)cc3)C2)NN1)N1CCOCC1. The van der Waals surface area contributed by atoms with Gasteiger partial charge >= 0.3 is 0 Å². The highest BCUT2D eigenvalue weighted by Gasteiger charge is 2.39. The summed E-state index contributed by atoms with van der Waals surface area (Å²) in [5.74, 6) is -0.290. The van der Waals surface area contributed by atoms with Crippen molar-refractivity contribution in [2.75, 3.05) is 39.4 Å². The van der Waals surface area contributed by atoms with Crippen LogP contribution in [0.4, 0.5) is 4.39 Å². The normalized spacial score (nSPS) is 29.1. The van der Waals surface area contributed by atoms with Gasteiger partial charge in [-0.1, -0.05) is 0 Å². The number of carbonyl (C=O) groups excluding carboxylic acids is 1. The third-order valence-corrected chi connectivity index (χ3v) is 7.87. The molecule has 3 heterocycles. The number of nitrogens with zero attached hydrogens (tertiary/aromatic N) is 2. The Bertz CT molecular complexity index is 829. The first-order valence-electron chi connectivity index (χ1n) is 10.1. The van der Waals surface area contributed by atoms with Gasteiger partial charge in [0.25, 0.3) is 0 Å². The lowest BCUT2D eigenvalue weighted by Gasteiger charge is -2.34. The van der Waals surface area contributed by atoms with Crippen LogP contribution >= 0.6 is 0 Å². The second-order valence-corrected chi connectivity index (χ2v) is 9.78. The number of hydrazine groups is 1. The van der Waals surface area contributed by atoms with Gasteiger partial charge in [-0.15, -0.1) is 0 Å². The largest absolute Gasteiger partial charge is 0.378 e. The van der Waals surface area contributed by atoms with E-state index < -0.39 is 15.8 Å². The average molecular weight is 427 g/mol. The van der Waals surface area contributed by atoms with Crippen molar-refractivity contribution in [2.45, 2.75) is 36.2 Å². The van der Waals surface area contributed by atoms with Gasteiger partial charge in [-0.25, -0.2) is 18.2 Å². The Morgan fingerprint density at radius 3 is 2.55 bits per heavy atom. The summed E-state index contributed by atoms with van der Waals surface area (Å²) in [6.45, 7) is 3.18. The highest BCUT2D eigenvalue weighted by atomic mass is 32.2. The molecule has 3 atom stereocenters. The fourth-order valence-corrected chi connectivity index (χ4v) is 5.87. The lowest BCUT2D eigenvalue weighted by atomic mass is 9.89. The van der Waals surface area contributed by atoms with Gasteiger partial charge in [0.15, 0.2) is 0 Å². The molecule has 29 heavy (non-hydrogen) atoms. The Labute approximate surface area is 170 Å². The molecule has 1 aromatic carbocycles. The summed E-state index contributed by atoms with van der Waals surface area (Å²) < 4.78 is 45.8. The van der Waals surface area contributed by atoms with Crippen LogP contribution in [0.3, 0.4) is 0 Å². The number of morpholine rings is 1. The van der Waals surface area contributed by atoms with E-state index in [1.54, 1.807) is 0 Å². The Balaban J connectivity index is 1.38. The summed E-state index contributed by atoms with van der Waals surface area (Å²) in [6.07, 6.45) is 2.28. The maximum Gasteiger partial charge on any atom is 0.243 e. The molecule has 0 bridgehead atoms. The summed E-state index contributed by atoms with van der Waals surface area (Å²) in [5, 5.41) is 0. The van der Waals surface area contributed by atoms with Crippen molar-refractivity contribution >= 4 is 15.9 Å². The zero-order valence-corrected chi connectivity index (χ0v) is 17.0. The standard InChI is InChI=1S/C19H27FN4O4S/c20-15-3-5-16(6-4-15)29(26,27)24-7-1-2-14(13-24)17-12-18(22-21-17)19(25)23-8-10-28-11-9-23/h3-6,14,17-18,21-22H,1-2,7-13H2. The van der Waals surface area contributed by atoms with Crippen molar-refractivity contribution in [3.8, 4) is 0 Å². The van der Waals surface area contributed by atoms with Crippen LogP contribution in [0.5, 0.6) is 0 Å². The molecule has 3 fully saturated rings. The van der Waals surface area contributed by atoms with Gasteiger partial charge in [0, 0.05) is 32.2 Å². The maximum atomic E-state index is 13.2. The Hall–Kier alpha value is -1.59. The van der Waals surface area contributed by atoms with Gasteiger partial charge in [-0.3, -0.25) is 10.2 Å². The number of rotatable bonds is 4. The molecule has 2 N–H and O–H groups in total. The van der Waals surface area contributed by atoms with Crippen molar-refractivity contribution < 1.29 is 22.3 Å². The molecular weight excluding hydrogens is 399 g/mol. The fraction of sp³-hybridized carbons (Fsp3) is 0.632. The van der Waals surface area contributed by atoms with E-state index in [1.165, 1.54) is 28.6 Å². The Kier molecular flexibility index (Phi) is 6.16. The fourth-order valence-electron chi connectivity index (χ4n) is 4.33. The second kappa shape index (κ2) is 8.65. The first-order chi connectivity index (χ1) is 13.9. The van der Waals surface area contributed by atoms with Crippen LogP contribution in [-0.4, -0.2) is 75.0 Å². The lowest BCUT2D eigenvalue weighted by Crippen LogP contribution is -2.50. The minimum atomic E-state index is -3.66. The Morgan fingerprint density at radius 1 is 1.10 bits per heavy atom. The number of amides is 1. The molecule has 0 radical (unpaired) electrons. The van der Waals surface area contributed by atoms with Crippen LogP contribution in [0, 0.1) is 11.7 Å². The zero-order valence-electron chi connectivity index (χ0n) is 16.2. The van der Waals surface area contributed by atoms with Crippen LogP contribution in [0.25, 0.3) is 0 Å². The van der Waals surface area contributed by atoms with E-state index in [0.29, 0.717) is 45.8 Å². The van der Waals surface area contributed by atoms with E-state index in [-0.39, 0.29) is 28.8 Å². The van der Waals surface area contributed by atoms with Crippen LogP contribution < -0.4 is 10.9 Å². The van der Waals surface area contributed by atoms with Gasteiger partial charge in [0.05, 0.1) is 18.1 Å². The average Bonchev–Trinajstić information content (AvgIpc) is 3.24. The minimum Gasteiger partial charge on any atom is -0.378 e. The minimum absolute atomic E-state index is 0.0243. The molecule has 8 nitrogen and oxygen atoms in total. The smallest absolute Gasteiger partial charge is 0.243 e. The number of ether oxygens (including phenoxy) is 1. The monoisotopic (exact) mass is 426 g/mol. The molecule has 3 aliphatic heterocycles. The molecule has 3 unspecified atom stereocenters. The van der Waals surface area contributed by atoms with Crippen LogP contribution in [0.15, 0.2) is 29.2 Å². The summed E-state index contributed by atoms with van der Waals surface area (Å²) in [6, 6.07) is 4.66. The summed E-state index contributed by atoms with van der Waals surface area (Å²) in [7, 11) is -3.66. The van der Waals surface area contributed by atoms with Gasteiger partial charge in [-0.2, -0.15) is 4.31 Å². The number of halogens is 1. The molecule has 0 aromatic heterocycles. The van der Waals surface area contributed by atoms with Crippen LogP contribution in [0.2, 0.25) is 0 Å². The number of carbonyl (C=O) groups is 1. The highest BCUT2D eigenvalue weighted by Crippen LogP contribution is 2.28. The molecule has 160 valence electrons. The van der Waals surface area contributed by atoms with Crippen molar-refractivity contribution in [3.05, 3.63) is 30.1 Å². The molecule has 0 aliphatic carbocycles. The van der Waals surface area contributed by atoms with Crippen LogP contribution in [0.1, 0.15) is 19.3 Å². The molecule has 3 aliphatic rings. The van der Waals surface area contributed by atoms with E-state index in [0.717, 1.165) is 12.8 Å². The van der Waals surface area contributed by atoms with Crippen LogP contribution in [-0.2, 0) is 19.6 Å². The highest BCUT2D eigenvalue weighted by molar-refractivity contribution is 7.89. The quantitative estimate of drug-likeness (QED) is 0.721. The molecule has 1 amide bonds. The van der Waals surface area contributed by atoms with E-state index in [1.807, 2.05) is 4.90 Å². The predicted molar refractivity (Wildman–Crippen MR) is 104 cm³/mol. The van der Waals surface area contributed by atoms with E-state index in [9.17, 15) is 17.6 Å². The Morgan fingerprint density at radius 2 is 1.83 bits per heavy atom. The van der Waals surface area contributed by atoms with Crippen molar-refractivity contribution in [1.29, 1.82) is 0 Å². The lowest BCUT2D eigenvalue weighted by molar-refractivity contribution is -0.137. The summed E-state index contributed by atoms with van der Waals surface area (Å²) in [4.78, 5) is 14.6. The molecule has 10 heteroatoms. The number of hydrogen-bond donors (Lipinski definition) is 2. The third-order valence-electron chi connectivity index (χ3n) is 5.99. The molecule has 3 saturated heterocycles. The van der Waals surface area contributed by atoms with Gasteiger partial charge in [0.2, 0.25) is 15.9 Å². The predicted octanol–water partition coefficient (Wildman–Crippen LogP) is 0.320. The van der Waals surface area contributed by atoms with E-state index >= 15 is 0 Å². The number of nitrogens with one attached hydrogen (secondary N) is 2. The van der Waals surface area contributed by atoms with E-state index in [4.69, 9.17) is 4.74 Å². The molecule has 0 saturated carbocycles. The third kappa shape index (κ3) is 4.46. The first-order valence-corrected chi connectivity index (χ1v) is 11.5. The summed E-state index contributed by atoms with van der Waals surface area (Å²) in [5.41, 5.74) is 6.32.